The Morgan fingerprint density at radius 1 is 1.00 bits per heavy atom. The highest BCUT2D eigenvalue weighted by molar-refractivity contribution is 5.38. The van der Waals surface area contributed by atoms with Crippen LogP contribution >= 0.6 is 0 Å². The number of rotatable bonds is 4. The quantitative estimate of drug-likeness (QED) is 0.629. The molecule has 0 bridgehead atoms. The summed E-state index contributed by atoms with van der Waals surface area (Å²) in [5.41, 5.74) is 0. The Hall–Kier alpha value is -1.70. The predicted molar refractivity (Wildman–Crippen MR) is 45.8 cm³/mol. The van der Waals surface area contributed by atoms with Crippen molar-refractivity contribution in [2.75, 3.05) is 0 Å². The lowest BCUT2D eigenvalue weighted by Gasteiger charge is -2.04. The van der Waals surface area contributed by atoms with Gasteiger partial charge in [-0.3, -0.25) is 0 Å². The Morgan fingerprint density at radius 2 is 1.42 bits per heavy atom. The van der Waals surface area contributed by atoms with E-state index in [1.165, 1.54) is 12.5 Å². The second-order valence-corrected chi connectivity index (χ2v) is 1.85. The van der Waals surface area contributed by atoms with Crippen LogP contribution < -0.4 is 9.47 Å². The van der Waals surface area contributed by atoms with Crippen LogP contribution in [0.3, 0.4) is 0 Å². The van der Waals surface area contributed by atoms with Gasteiger partial charge in [-0.25, -0.2) is 0 Å². The van der Waals surface area contributed by atoms with Crippen LogP contribution in [-0.4, -0.2) is 0 Å². The molecule has 0 fully saturated rings. The molecule has 2 nitrogen and oxygen atoms in total. The molecule has 60 valence electrons. The molecule has 0 aliphatic heterocycles. The van der Waals surface area contributed by atoms with Gasteiger partial charge in [0, 0.05) is 12.1 Å². The SMILES string of the molecule is C=COc1[c]cc[c]c1OC=C. The maximum Gasteiger partial charge on any atom is 0.177 e. The van der Waals surface area contributed by atoms with Crippen molar-refractivity contribution < 1.29 is 9.47 Å². The lowest BCUT2D eigenvalue weighted by Crippen LogP contribution is -1.87. The van der Waals surface area contributed by atoms with Crippen molar-refractivity contribution in [3.05, 3.63) is 49.9 Å². The normalized spacial score (nSPS) is 8.67. The zero-order valence-corrected chi connectivity index (χ0v) is 6.54. The van der Waals surface area contributed by atoms with E-state index in [0.29, 0.717) is 11.5 Å². The summed E-state index contributed by atoms with van der Waals surface area (Å²) in [6, 6.07) is 9.00. The maximum atomic E-state index is 4.99. The monoisotopic (exact) mass is 160 g/mol. The van der Waals surface area contributed by atoms with Crippen LogP contribution in [0.2, 0.25) is 0 Å². The summed E-state index contributed by atoms with van der Waals surface area (Å²) in [4.78, 5) is 0. The third-order valence-electron chi connectivity index (χ3n) is 1.12. The highest BCUT2D eigenvalue weighted by atomic mass is 16.5. The fourth-order valence-electron chi connectivity index (χ4n) is 0.708. The smallest absolute Gasteiger partial charge is 0.177 e. The zero-order valence-electron chi connectivity index (χ0n) is 6.54. The second kappa shape index (κ2) is 4.23. The van der Waals surface area contributed by atoms with Crippen LogP contribution in [0.5, 0.6) is 11.5 Å². The Labute approximate surface area is 71.7 Å². The summed E-state index contributed by atoms with van der Waals surface area (Å²) in [5.74, 6) is 0.903. The van der Waals surface area contributed by atoms with Crippen LogP contribution in [0.15, 0.2) is 37.8 Å². The maximum absolute atomic E-state index is 4.99. The van der Waals surface area contributed by atoms with E-state index in [-0.39, 0.29) is 0 Å². The van der Waals surface area contributed by atoms with Crippen LogP contribution in [0, 0.1) is 12.1 Å². The summed E-state index contributed by atoms with van der Waals surface area (Å²) < 4.78 is 9.99. The van der Waals surface area contributed by atoms with Crippen molar-refractivity contribution in [1.82, 2.24) is 0 Å². The second-order valence-electron chi connectivity index (χ2n) is 1.85. The van der Waals surface area contributed by atoms with Gasteiger partial charge in [-0.15, -0.1) is 0 Å². The summed E-state index contributed by atoms with van der Waals surface area (Å²) in [5, 5.41) is 0. The molecule has 0 N–H and O–H groups in total. The van der Waals surface area contributed by atoms with Gasteiger partial charge in [-0.05, 0) is 12.1 Å². The van der Waals surface area contributed by atoms with Gasteiger partial charge in [0.05, 0.1) is 12.5 Å². The highest BCUT2D eigenvalue weighted by Gasteiger charge is 2.00. The molecular formula is C10H8O2. The molecule has 0 saturated heterocycles. The number of benzene rings is 1. The molecule has 0 atom stereocenters. The lowest BCUT2D eigenvalue weighted by molar-refractivity contribution is 0.417. The first-order valence-corrected chi connectivity index (χ1v) is 3.36. The van der Waals surface area contributed by atoms with Crippen LogP contribution in [0.1, 0.15) is 0 Å². The minimum absolute atomic E-state index is 0.451. The largest absolute Gasteiger partial charge is 0.461 e. The molecule has 0 aliphatic rings. The van der Waals surface area contributed by atoms with E-state index in [4.69, 9.17) is 9.47 Å². The Balaban J connectivity index is 2.90. The van der Waals surface area contributed by atoms with Gasteiger partial charge in [0.1, 0.15) is 0 Å². The van der Waals surface area contributed by atoms with Crippen molar-refractivity contribution in [3.63, 3.8) is 0 Å². The number of hydrogen-bond acceptors (Lipinski definition) is 2. The molecule has 12 heavy (non-hydrogen) atoms. The molecular weight excluding hydrogens is 152 g/mol. The first-order chi connectivity index (χ1) is 5.88. The van der Waals surface area contributed by atoms with Gasteiger partial charge >= 0.3 is 0 Å². The molecule has 0 aliphatic carbocycles. The fourth-order valence-corrected chi connectivity index (χ4v) is 0.708. The Morgan fingerprint density at radius 3 is 1.75 bits per heavy atom. The number of ether oxygens (including phenoxy) is 2. The Kier molecular flexibility index (Phi) is 2.96. The van der Waals surface area contributed by atoms with E-state index in [0.717, 1.165) is 0 Å². The minimum atomic E-state index is 0.451. The number of hydrogen-bond donors (Lipinski definition) is 0. The van der Waals surface area contributed by atoms with E-state index in [1.54, 1.807) is 12.1 Å². The van der Waals surface area contributed by atoms with Gasteiger partial charge in [-0.1, -0.05) is 13.2 Å². The molecule has 2 heteroatoms. The molecule has 0 saturated carbocycles. The molecule has 1 rings (SSSR count). The van der Waals surface area contributed by atoms with Crippen LogP contribution in [0.25, 0.3) is 0 Å². The molecule has 1 aromatic rings. The van der Waals surface area contributed by atoms with E-state index >= 15 is 0 Å². The summed E-state index contributed by atoms with van der Waals surface area (Å²) in [6.07, 6.45) is 2.60. The van der Waals surface area contributed by atoms with Crippen molar-refractivity contribution in [2.45, 2.75) is 0 Å². The molecule has 0 aromatic heterocycles. The van der Waals surface area contributed by atoms with Gasteiger partial charge < -0.3 is 9.47 Å². The highest BCUT2D eigenvalue weighted by Crippen LogP contribution is 2.25. The van der Waals surface area contributed by atoms with Gasteiger partial charge in [0.2, 0.25) is 0 Å². The average Bonchev–Trinajstić information content (AvgIpc) is 2.09. The van der Waals surface area contributed by atoms with Crippen LogP contribution in [0.4, 0.5) is 0 Å². The predicted octanol–water partition coefficient (Wildman–Crippen LogP) is 2.33. The zero-order chi connectivity index (χ0) is 8.81. The standard InChI is InChI=1S/C10H8O2/c1-3-11-9-7-5-6-8-10(9)12-4-2/h3-6H,1-2H2. The van der Waals surface area contributed by atoms with Gasteiger partial charge in [-0.2, -0.15) is 0 Å². The van der Waals surface area contributed by atoms with Crippen molar-refractivity contribution in [1.29, 1.82) is 0 Å². The molecule has 0 amide bonds. The topological polar surface area (TPSA) is 18.5 Å². The molecule has 0 unspecified atom stereocenters. The van der Waals surface area contributed by atoms with E-state index in [2.05, 4.69) is 25.3 Å². The molecule has 0 heterocycles. The van der Waals surface area contributed by atoms with Gasteiger partial charge in [0.15, 0.2) is 11.5 Å². The van der Waals surface area contributed by atoms with E-state index in [1.807, 2.05) is 0 Å². The fraction of sp³-hybridized carbons (Fsp3) is 0. The average molecular weight is 160 g/mol. The minimum Gasteiger partial charge on any atom is -0.461 e. The molecule has 2 radical (unpaired) electrons. The van der Waals surface area contributed by atoms with E-state index < -0.39 is 0 Å². The van der Waals surface area contributed by atoms with Gasteiger partial charge in [0.25, 0.3) is 0 Å². The third-order valence-corrected chi connectivity index (χ3v) is 1.12. The van der Waals surface area contributed by atoms with Crippen molar-refractivity contribution in [2.24, 2.45) is 0 Å². The van der Waals surface area contributed by atoms with Crippen LogP contribution in [-0.2, 0) is 0 Å². The molecule has 1 aromatic carbocycles. The summed E-state index contributed by atoms with van der Waals surface area (Å²) in [6.45, 7) is 6.84. The third kappa shape index (κ3) is 1.89. The van der Waals surface area contributed by atoms with Crippen molar-refractivity contribution in [3.8, 4) is 11.5 Å². The van der Waals surface area contributed by atoms with E-state index in [9.17, 15) is 0 Å². The Bertz CT molecular complexity index is 250. The lowest BCUT2D eigenvalue weighted by atomic mass is 10.3. The first kappa shape index (κ1) is 8.40. The molecule has 0 spiro atoms. The summed E-state index contributed by atoms with van der Waals surface area (Å²) >= 11 is 0. The van der Waals surface area contributed by atoms with Crippen molar-refractivity contribution >= 4 is 0 Å². The first-order valence-electron chi connectivity index (χ1n) is 3.36. The summed E-state index contributed by atoms with van der Waals surface area (Å²) in [7, 11) is 0.